The van der Waals surface area contributed by atoms with Crippen LogP contribution in [0.4, 0.5) is 0 Å². The minimum Gasteiger partial charge on any atom is -0.126 e. The van der Waals surface area contributed by atoms with Gasteiger partial charge in [-0.3, -0.25) is 0 Å². The first-order valence-electron chi connectivity index (χ1n) is 7.19. The average molecular weight is 267 g/mol. The number of hydrogen-bond acceptors (Lipinski definition) is 0. The molecule has 1 aromatic rings. The quantitative estimate of drug-likeness (QED) is 0.558. The van der Waals surface area contributed by atoms with Gasteiger partial charge in [0.2, 0.25) is 0 Å². The van der Waals surface area contributed by atoms with E-state index in [4.69, 9.17) is 11.6 Å². The third-order valence-electron chi connectivity index (χ3n) is 4.29. The van der Waals surface area contributed by atoms with Crippen LogP contribution in [0.15, 0.2) is 18.2 Å². The topological polar surface area (TPSA) is 0 Å². The molecule has 0 nitrogen and oxygen atoms in total. The summed E-state index contributed by atoms with van der Waals surface area (Å²) in [6.45, 7) is 8.98. The second kappa shape index (κ2) is 7.19. The maximum absolute atomic E-state index is 6.31. The van der Waals surface area contributed by atoms with Gasteiger partial charge in [-0.1, -0.05) is 44.9 Å². The van der Waals surface area contributed by atoms with Crippen molar-refractivity contribution in [3.05, 3.63) is 34.9 Å². The van der Waals surface area contributed by atoms with Crippen LogP contribution in [0.5, 0.6) is 0 Å². The molecule has 0 aliphatic heterocycles. The summed E-state index contributed by atoms with van der Waals surface area (Å²) in [4.78, 5) is 0. The van der Waals surface area contributed by atoms with Crippen molar-refractivity contribution in [2.75, 3.05) is 5.88 Å². The number of halogens is 1. The molecule has 0 spiro atoms. The Morgan fingerprint density at radius 3 is 2.17 bits per heavy atom. The number of unbranched alkanes of at least 4 members (excludes halogenated alkanes) is 1. The zero-order valence-electron chi connectivity index (χ0n) is 12.4. The van der Waals surface area contributed by atoms with E-state index in [1.807, 2.05) is 0 Å². The van der Waals surface area contributed by atoms with E-state index in [1.165, 1.54) is 42.4 Å². The molecule has 1 rings (SSSR count). The summed E-state index contributed by atoms with van der Waals surface area (Å²) in [6, 6.07) is 6.59. The van der Waals surface area contributed by atoms with Gasteiger partial charge in [-0.15, -0.1) is 11.6 Å². The number of hydrogen-bond donors (Lipinski definition) is 0. The first kappa shape index (κ1) is 15.6. The van der Waals surface area contributed by atoms with Gasteiger partial charge in [-0.25, -0.2) is 0 Å². The van der Waals surface area contributed by atoms with Crippen molar-refractivity contribution in [3.63, 3.8) is 0 Å². The van der Waals surface area contributed by atoms with E-state index in [9.17, 15) is 0 Å². The van der Waals surface area contributed by atoms with Gasteiger partial charge in [0.05, 0.1) is 0 Å². The summed E-state index contributed by atoms with van der Waals surface area (Å²) in [5.41, 5.74) is 4.62. The van der Waals surface area contributed by atoms with Gasteiger partial charge in [0.1, 0.15) is 0 Å². The van der Waals surface area contributed by atoms with Crippen LogP contribution in [0.3, 0.4) is 0 Å². The van der Waals surface area contributed by atoms with Crippen LogP contribution in [0.1, 0.15) is 56.2 Å². The average Bonchev–Trinajstić information content (AvgIpc) is 2.38. The molecule has 0 aliphatic rings. The molecule has 0 amide bonds. The van der Waals surface area contributed by atoms with Crippen LogP contribution in [0.2, 0.25) is 0 Å². The van der Waals surface area contributed by atoms with Crippen LogP contribution >= 0.6 is 11.6 Å². The molecule has 1 aromatic carbocycles. The summed E-state index contributed by atoms with van der Waals surface area (Å²) >= 11 is 6.31. The Morgan fingerprint density at radius 1 is 1.11 bits per heavy atom. The lowest BCUT2D eigenvalue weighted by Gasteiger charge is -2.32. The first-order valence-corrected chi connectivity index (χ1v) is 7.73. The number of aryl methyl sites for hydroxylation is 2. The molecule has 0 aliphatic carbocycles. The zero-order chi connectivity index (χ0) is 13.6. The van der Waals surface area contributed by atoms with Crippen LogP contribution in [-0.2, 0) is 6.42 Å². The predicted molar refractivity (Wildman–Crippen MR) is 82.6 cm³/mol. The molecule has 0 heterocycles. The highest BCUT2D eigenvalue weighted by atomic mass is 35.5. The van der Waals surface area contributed by atoms with Crippen molar-refractivity contribution in [1.82, 2.24) is 0 Å². The molecule has 1 heteroatoms. The van der Waals surface area contributed by atoms with Crippen LogP contribution < -0.4 is 0 Å². The molecule has 102 valence electrons. The summed E-state index contributed by atoms with van der Waals surface area (Å²) in [6.07, 6.45) is 6.09. The largest absolute Gasteiger partial charge is 0.126 e. The van der Waals surface area contributed by atoms with E-state index in [0.717, 1.165) is 12.3 Å². The maximum Gasteiger partial charge on any atom is 0.0283 e. The van der Waals surface area contributed by atoms with E-state index in [1.54, 1.807) is 0 Å². The number of benzene rings is 1. The van der Waals surface area contributed by atoms with Gasteiger partial charge >= 0.3 is 0 Å². The van der Waals surface area contributed by atoms with Gasteiger partial charge in [0.25, 0.3) is 0 Å². The van der Waals surface area contributed by atoms with E-state index >= 15 is 0 Å². The molecule has 18 heavy (non-hydrogen) atoms. The first-order chi connectivity index (χ1) is 8.58. The van der Waals surface area contributed by atoms with Crippen LogP contribution in [0, 0.1) is 19.3 Å². The van der Waals surface area contributed by atoms with Gasteiger partial charge in [0, 0.05) is 5.88 Å². The molecule has 0 saturated carbocycles. The lowest BCUT2D eigenvalue weighted by atomic mass is 9.75. The highest BCUT2D eigenvalue weighted by Gasteiger charge is 2.28. The van der Waals surface area contributed by atoms with Gasteiger partial charge in [-0.05, 0) is 55.2 Å². The minimum atomic E-state index is 0.286. The van der Waals surface area contributed by atoms with E-state index in [0.29, 0.717) is 0 Å². The smallest absolute Gasteiger partial charge is 0.0283 e. The third-order valence-corrected chi connectivity index (χ3v) is 4.86. The number of rotatable bonds is 7. The molecule has 1 atom stereocenters. The van der Waals surface area contributed by atoms with Gasteiger partial charge in [-0.2, -0.15) is 0 Å². The highest BCUT2D eigenvalue weighted by molar-refractivity contribution is 6.18. The standard InChI is InChI=1S/C17H27Cl/c1-5-7-11-17(6-2,13-18)12-16-14(3)9-8-10-15(16)4/h8-10H,5-7,11-13H2,1-4H3. The van der Waals surface area contributed by atoms with Crippen molar-refractivity contribution >= 4 is 11.6 Å². The molecule has 0 N–H and O–H groups in total. The van der Waals surface area contributed by atoms with Gasteiger partial charge < -0.3 is 0 Å². The van der Waals surface area contributed by atoms with Crippen molar-refractivity contribution < 1.29 is 0 Å². The Hall–Kier alpha value is -0.490. The second-order valence-electron chi connectivity index (χ2n) is 5.64. The Balaban J connectivity index is 2.95. The predicted octanol–water partition coefficient (Wildman–Crippen LogP) is 5.67. The Morgan fingerprint density at radius 2 is 1.72 bits per heavy atom. The molecule has 0 fully saturated rings. The molecule has 1 unspecified atom stereocenters. The Labute approximate surface area is 118 Å². The summed E-state index contributed by atoms with van der Waals surface area (Å²) in [5, 5.41) is 0. The fourth-order valence-corrected chi connectivity index (χ4v) is 3.07. The summed E-state index contributed by atoms with van der Waals surface area (Å²) in [7, 11) is 0. The molecule has 0 radical (unpaired) electrons. The molecular formula is C17H27Cl. The van der Waals surface area contributed by atoms with Crippen LogP contribution in [-0.4, -0.2) is 5.88 Å². The Kier molecular flexibility index (Phi) is 6.21. The van der Waals surface area contributed by atoms with E-state index in [2.05, 4.69) is 45.9 Å². The third kappa shape index (κ3) is 3.75. The van der Waals surface area contributed by atoms with Crippen LogP contribution in [0.25, 0.3) is 0 Å². The Bertz CT molecular complexity index is 344. The molecular weight excluding hydrogens is 240 g/mol. The fourth-order valence-electron chi connectivity index (χ4n) is 2.65. The van der Waals surface area contributed by atoms with Crippen molar-refractivity contribution in [1.29, 1.82) is 0 Å². The fraction of sp³-hybridized carbons (Fsp3) is 0.647. The molecule has 0 saturated heterocycles. The lowest BCUT2D eigenvalue weighted by Crippen LogP contribution is -2.26. The van der Waals surface area contributed by atoms with Crippen molar-refractivity contribution in [2.24, 2.45) is 5.41 Å². The SMILES string of the molecule is CCCCC(CC)(CCl)Cc1c(C)cccc1C. The second-order valence-corrected chi connectivity index (χ2v) is 5.91. The number of alkyl halides is 1. The molecule has 0 bridgehead atoms. The monoisotopic (exact) mass is 266 g/mol. The zero-order valence-corrected chi connectivity index (χ0v) is 13.1. The van der Waals surface area contributed by atoms with Crippen molar-refractivity contribution in [2.45, 2.75) is 59.8 Å². The van der Waals surface area contributed by atoms with Gasteiger partial charge in [0.15, 0.2) is 0 Å². The van der Waals surface area contributed by atoms with Crippen molar-refractivity contribution in [3.8, 4) is 0 Å². The minimum absolute atomic E-state index is 0.286. The van der Waals surface area contributed by atoms with E-state index < -0.39 is 0 Å². The molecule has 0 aromatic heterocycles. The summed E-state index contributed by atoms with van der Waals surface area (Å²) < 4.78 is 0. The normalized spacial score (nSPS) is 14.5. The van der Waals surface area contributed by atoms with E-state index in [-0.39, 0.29) is 5.41 Å². The maximum atomic E-state index is 6.31. The lowest BCUT2D eigenvalue weighted by molar-refractivity contribution is 0.278. The highest BCUT2D eigenvalue weighted by Crippen LogP contribution is 2.36. The summed E-state index contributed by atoms with van der Waals surface area (Å²) in [5.74, 6) is 0.775.